The quantitative estimate of drug-likeness (QED) is 0.727. The highest BCUT2D eigenvalue weighted by Gasteiger charge is 2.43. The van der Waals surface area contributed by atoms with Gasteiger partial charge in [0, 0.05) is 13.2 Å². The Hall–Kier alpha value is -1.56. The molecule has 1 heterocycles. The van der Waals surface area contributed by atoms with Crippen molar-refractivity contribution in [2.45, 2.75) is 6.29 Å². The molecule has 2 rings (SSSR count). The fourth-order valence-electron chi connectivity index (χ4n) is 1.15. The summed E-state index contributed by atoms with van der Waals surface area (Å²) in [5.74, 6) is 0.315. The Morgan fingerprint density at radius 2 is 2.00 bits per heavy atom. The first-order chi connectivity index (χ1) is 7.11. The normalized spacial score (nSPS) is 16.5. The van der Waals surface area contributed by atoms with Gasteiger partial charge >= 0.3 is 6.29 Å². The number of fused-ring (bicyclic) bond motifs is 1. The van der Waals surface area contributed by atoms with E-state index in [1.165, 1.54) is 25.3 Å². The third-order valence-corrected chi connectivity index (χ3v) is 1.72. The van der Waals surface area contributed by atoms with E-state index in [9.17, 15) is 8.78 Å². The molecule has 0 saturated carbocycles. The van der Waals surface area contributed by atoms with Gasteiger partial charge in [0.2, 0.25) is 0 Å². The van der Waals surface area contributed by atoms with E-state index >= 15 is 0 Å². The number of hydrogen-bond donors (Lipinski definition) is 0. The van der Waals surface area contributed by atoms with Gasteiger partial charge in [0.05, 0.1) is 0 Å². The Morgan fingerprint density at radius 3 is 2.73 bits per heavy atom. The second-order valence-corrected chi connectivity index (χ2v) is 2.83. The van der Waals surface area contributed by atoms with Crippen LogP contribution in [-0.2, 0) is 4.74 Å². The highest BCUT2D eigenvalue weighted by atomic mass is 19.3. The lowest BCUT2D eigenvalue weighted by molar-refractivity contribution is -0.286. The summed E-state index contributed by atoms with van der Waals surface area (Å²) in [7, 11) is 1.46. The molecule has 0 fully saturated rings. The van der Waals surface area contributed by atoms with Crippen molar-refractivity contribution >= 4 is 0 Å². The average molecular weight is 218 g/mol. The molecule has 15 heavy (non-hydrogen) atoms. The van der Waals surface area contributed by atoms with Gasteiger partial charge in [0.15, 0.2) is 18.3 Å². The molecule has 0 unspecified atom stereocenters. The molecule has 1 aromatic carbocycles. The Labute approximate surface area is 84.3 Å². The zero-order valence-electron chi connectivity index (χ0n) is 7.83. The van der Waals surface area contributed by atoms with Crippen LogP contribution in [0.1, 0.15) is 0 Å². The van der Waals surface area contributed by atoms with E-state index < -0.39 is 6.29 Å². The van der Waals surface area contributed by atoms with Gasteiger partial charge in [-0.15, -0.1) is 8.78 Å². The van der Waals surface area contributed by atoms with Crippen molar-refractivity contribution in [3.63, 3.8) is 0 Å². The van der Waals surface area contributed by atoms with Crippen molar-refractivity contribution < 1.29 is 27.7 Å². The fraction of sp³-hybridized carbons (Fsp3) is 0.333. The molecule has 6 heteroatoms. The van der Waals surface area contributed by atoms with Crippen molar-refractivity contribution in [3.05, 3.63) is 18.2 Å². The zero-order chi connectivity index (χ0) is 10.9. The topological polar surface area (TPSA) is 36.9 Å². The van der Waals surface area contributed by atoms with Gasteiger partial charge in [-0.25, -0.2) is 0 Å². The predicted molar refractivity (Wildman–Crippen MR) is 45.1 cm³/mol. The van der Waals surface area contributed by atoms with Gasteiger partial charge in [-0.3, -0.25) is 0 Å². The molecular weight excluding hydrogens is 210 g/mol. The van der Waals surface area contributed by atoms with Crippen LogP contribution in [0.4, 0.5) is 8.78 Å². The summed E-state index contributed by atoms with van der Waals surface area (Å²) in [4.78, 5) is 0. The Kier molecular flexibility index (Phi) is 2.36. The molecular formula is C9H8F2O4. The molecule has 4 nitrogen and oxygen atoms in total. The molecule has 0 spiro atoms. The predicted octanol–water partition coefficient (Wildman–Crippen LogP) is 1.99. The van der Waals surface area contributed by atoms with Crippen LogP contribution in [0.25, 0.3) is 0 Å². The number of rotatable bonds is 3. The van der Waals surface area contributed by atoms with Gasteiger partial charge < -0.3 is 18.9 Å². The van der Waals surface area contributed by atoms with Crippen LogP contribution < -0.4 is 14.2 Å². The third-order valence-electron chi connectivity index (χ3n) is 1.72. The summed E-state index contributed by atoms with van der Waals surface area (Å²) in [5.41, 5.74) is 0. The van der Waals surface area contributed by atoms with Crippen molar-refractivity contribution in [1.82, 2.24) is 0 Å². The molecule has 0 amide bonds. The molecule has 0 bridgehead atoms. The monoisotopic (exact) mass is 218 g/mol. The van der Waals surface area contributed by atoms with Crippen LogP contribution in [0.2, 0.25) is 0 Å². The van der Waals surface area contributed by atoms with E-state index in [0.717, 1.165) is 0 Å². The van der Waals surface area contributed by atoms with Crippen molar-refractivity contribution in [1.29, 1.82) is 0 Å². The van der Waals surface area contributed by atoms with Crippen LogP contribution in [0, 0.1) is 0 Å². The first-order valence-electron chi connectivity index (χ1n) is 4.12. The number of alkyl halides is 2. The first-order valence-corrected chi connectivity index (χ1v) is 4.12. The van der Waals surface area contributed by atoms with Gasteiger partial charge in [-0.05, 0) is 12.1 Å². The summed E-state index contributed by atoms with van der Waals surface area (Å²) in [6.45, 7) is 0.0377. The van der Waals surface area contributed by atoms with E-state index in [1.807, 2.05) is 0 Å². The minimum Gasteiger partial charge on any atom is -0.467 e. The second-order valence-electron chi connectivity index (χ2n) is 2.83. The lowest BCUT2D eigenvalue weighted by Crippen LogP contribution is -2.25. The number of halogens is 2. The van der Waals surface area contributed by atoms with Crippen LogP contribution in [0.5, 0.6) is 17.2 Å². The molecule has 0 atom stereocenters. The van der Waals surface area contributed by atoms with Crippen LogP contribution in [-0.4, -0.2) is 20.2 Å². The van der Waals surface area contributed by atoms with Crippen LogP contribution in [0.15, 0.2) is 18.2 Å². The zero-order valence-corrected chi connectivity index (χ0v) is 7.83. The van der Waals surface area contributed by atoms with Crippen LogP contribution in [0.3, 0.4) is 0 Å². The second kappa shape index (κ2) is 3.54. The number of hydrogen-bond acceptors (Lipinski definition) is 4. The lowest BCUT2D eigenvalue weighted by atomic mass is 10.3. The van der Waals surface area contributed by atoms with Gasteiger partial charge in [-0.2, -0.15) is 0 Å². The maximum absolute atomic E-state index is 12.6. The summed E-state index contributed by atoms with van der Waals surface area (Å²) in [6, 6.07) is 4.15. The molecule has 1 aliphatic rings. The van der Waals surface area contributed by atoms with E-state index in [2.05, 4.69) is 14.2 Å². The molecule has 1 aliphatic heterocycles. The van der Waals surface area contributed by atoms with Crippen molar-refractivity contribution in [3.8, 4) is 17.2 Å². The Balaban J connectivity index is 2.15. The summed E-state index contributed by atoms with van der Waals surface area (Å²) < 4.78 is 43.4. The highest BCUT2D eigenvalue weighted by Crippen LogP contribution is 2.42. The largest absolute Gasteiger partial charge is 0.586 e. The van der Waals surface area contributed by atoms with E-state index in [4.69, 9.17) is 4.74 Å². The SMILES string of the molecule is COCOc1ccc2c(c1)OC(F)(F)O2. The van der Waals surface area contributed by atoms with Crippen molar-refractivity contribution in [2.75, 3.05) is 13.9 Å². The molecule has 0 saturated heterocycles. The molecule has 0 N–H and O–H groups in total. The number of methoxy groups -OCH3 is 1. The molecule has 82 valence electrons. The van der Waals surface area contributed by atoms with E-state index in [0.29, 0.717) is 5.75 Å². The Bertz CT molecular complexity index is 367. The van der Waals surface area contributed by atoms with E-state index in [-0.39, 0.29) is 18.3 Å². The third kappa shape index (κ3) is 2.10. The smallest absolute Gasteiger partial charge is 0.467 e. The maximum atomic E-state index is 12.6. The summed E-state index contributed by atoms with van der Waals surface area (Å²) in [6.07, 6.45) is -3.60. The van der Waals surface area contributed by atoms with E-state index in [1.54, 1.807) is 0 Å². The number of benzene rings is 1. The number of ether oxygens (including phenoxy) is 4. The van der Waals surface area contributed by atoms with Crippen molar-refractivity contribution in [2.24, 2.45) is 0 Å². The standard InChI is InChI=1S/C9H8F2O4/c1-12-5-13-6-2-3-7-8(4-6)15-9(10,11)14-7/h2-4H,5H2,1H3. The van der Waals surface area contributed by atoms with Crippen LogP contribution >= 0.6 is 0 Å². The van der Waals surface area contributed by atoms with Gasteiger partial charge in [0.1, 0.15) is 5.75 Å². The lowest BCUT2D eigenvalue weighted by Gasteiger charge is -2.05. The summed E-state index contributed by atoms with van der Waals surface area (Å²) >= 11 is 0. The summed E-state index contributed by atoms with van der Waals surface area (Å²) in [5, 5.41) is 0. The minimum atomic E-state index is -3.60. The van der Waals surface area contributed by atoms with Gasteiger partial charge in [0.25, 0.3) is 0 Å². The fourth-order valence-corrected chi connectivity index (χ4v) is 1.15. The Morgan fingerprint density at radius 1 is 1.27 bits per heavy atom. The first kappa shape index (κ1) is 9.97. The molecule has 0 aliphatic carbocycles. The molecule has 1 aromatic rings. The van der Waals surface area contributed by atoms with Gasteiger partial charge in [-0.1, -0.05) is 0 Å². The average Bonchev–Trinajstić information content (AvgIpc) is 2.47. The molecule has 0 radical (unpaired) electrons. The maximum Gasteiger partial charge on any atom is 0.586 e. The minimum absolute atomic E-state index is 0.00948. The highest BCUT2D eigenvalue weighted by molar-refractivity contribution is 5.47. The molecule has 0 aromatic heterocycles.